The van der Waals surface area contributed by atoms with Gasteiger partial charge in [0.1, 0.15) is 17.3 Å². The highest BCUT2D eigenvalue weighted by Gasteiger charge is 2.55. The van der Waals surface area contributed by atoms with Gasteiger partial charge in [-0.15, -0.1) is 0 Å². The fourth-order valence-electron chi connectivity index (χ4n) is 9.62. The topological polar surface area (TPSA) is 18.5 Å². The summed E-state index contributed by atoms with van der Waals surface area (Å²) in [6, 6.07) is 32.6. The Morgan fingerprint density at radius 1 is 0.689 bits per heavy atom. The van der Waals surface area contributed by atoms with Gasteiger partial charge in [-0.1, -0.05) is 107 Å². The third-order valence-corrected chi connectivity index (χ3v) is 10.5. The zero-order valence-corrected chi connectivity index (χ0v) is 26.7. The molecule has 1 aliphatic heterocycles. The van der Waals surface area contributed by atoms with E-state index in [4.69, 9.17) is 9.47 Å². The minimum atomic E-state index is -0.951. The van der Waals surface area contributed by atoms with Crippen LogP contribution in [-0.2, 0) is 11.0 Å². The van der Waals surface area contributed by atoms with E-state index in [1.807, 2.05) is 24.3 Å². The Hall–Kier alpha value is -4.37. The van der Waals surface area contributed by atoms with Gasteiger partial charge >= 0.3 is 0 Å². The Balaban J connectivity index is 1.45. The molecule has 0 bridgehead atoms. The van der Waals surface area contributed by atoms with E-state index in [2.05, 4.69) is 101 Å². The van der Waals surface area contributed by atoms with Gasteiger partial charge in [-0.05, 0) is 88.1 Å². The van der Waals surface area contributed by atoms with Gasteiger partial charge in [0.25, 0.3) is 0 Å². The summed E-state index contributed by atoms with van der Waals surface area (Å²) >= 11 is 0. The summed E-state index contributed by atoms with van der Waals surface area (Å²) in [5.74, 6) is 1.40. The average molecular weight is 595 g/mol. The van der Waals surface area contributed by atoms with Crippen LogP contribution >= 0.6 is 0 Å². The molecule has 0 radical (unpaired) electrons. The summed E-state index contributed by atoms with van der Waals surface area (Å²) in [4.78, 5) is 0. The lowest BCUT2D eigenvalue weighted by Crippen LogP contribution is -2.44. The maximum Gasteiger partial charge on any atom is 0.178 e. The molecule has 1 saturated carbocycles. The quantitative estimate of drug-likeness (QED) is 0.207. The lowest BCUT2D eigenvalue weighted by atomic mass is 9.52. The number of hydrogen-bond acceptors (Lipinski definition) is 2. The molecule has 1 unspecified atom stereocenters. The molecule has 1 spiro atoms. The summed E-state index contributed by atoms with van der Waals surface area (Å²) in [5.41, 5.74) is 7.76. The van der Waals surface area contributed by atoms with Gasteiger partial charge in [0.2, 0.25) is 0 Å². The Morgan fingerprint density at radius 3 is 1.96 bits per heavy atom. The average Bonchev–Trinajstić information content (AvgIpc) is 3.28. The van der Waals surface area contributed by atoms with Crippen LogP contribution in [0.15, 0.2) is 103 Å². The first-order valence-corrected chi connectivity index (χ1v) is 16.0. The summed E-state index contributed by atoms with van der Waals surface area (Å²) in [5, 5.41) is 2.31. The van der Waals surface area contributed by atoms with E-state index in [0.717, 1.165) is 40.9 Å². The van der Waals surface area contributed by atoms with Crippen molar-refractivity contribution in [1.82, 2.24) is 0 Å². The zero-order valence-electron chi connectivity index (χ0n) is 26.7. The predicted molar refractivity (Wildman–Crippen MR) is 181 cm³/mol. The van der Waals surface area contributed by atoms with E-state index < -0.39 is 5.60 Å². The van der Waals surface area contributed by atoms with Gasteiger partial charge in [0, 0.05) is 27.5 Å². The summed E-state index contributed by atoms with van der Waals surface area (Å²) in [7, 11) is 1.67. The van der Waals surface area contributed by atoms with Gasteiger partial charge in [-0.25, -0.2) is 4.39 Å². The van der Waals surface area contributed by atoms with Gasteiger partial charge in [0.15, 0.2) is 5.60 Å². The van der Waals surface area contributed by atoms with Crippen molar-refractivity contribution in [3.05, 3.63) is 137 Å². The second-order valence-electron chi connectivity index (χ2n) is 14.9. The first-order chi connectivity index (χ1) is 21.6. The molecule has 1 heterocycles. The third kappa shape index (κ3) is 4.13. The minimum Gasteiger partial charge on any atom is -0.497 e. The molecule has 0 amide bonds. The van der Waals surface area contributed by atoms with E-state index >= 15 is 0 Å². The van der Waals surface area contributed by atoms with E-state index in [-0.39, 0.29) is 22.1 Å². The molecule has 8 rings (SSSR count). The zero-order chi connectivity index (χ0) is 31.2. The maximum atomic E-state index is 14.3. The van der Waals surface area contributed by atoms with Crippen LogP contribution in [0.5, 0.6) is 11.5 Å². The monoisotopic (exact) mass is 594 g/mol. The van der Waals surface area contributed by atoms with Crippen molar-refractivity contribution in [3.63, 3.8) is 0 Å². The molecule has 2 nitrogen and oxygen atoms in total. The molecule has 0 saturated heterocycles. The van der Waals surface area contributed by atoms with Gasteiger partial charge in [0.05, 0.1) is 7.11 Å². The van der Waals surface area contributed by atoms with Crippen molar-refractivity contribution in [2.45, 2.75) is 58.0 Å². The summed E-state index contributed by atoms with van der Waals surface area (Å²) < 4.78 is 27.2. The lowest BCUT2D eigenvalue weighted by Gasteiger charge is -2.52. The molecule has 45 heavy (non-hydrogen) atoms. The van der Waals surface area contributed by atoms with Crippen LogP contribution < -0.4 is 9.47 Å². The van der Waals surface area contributed by atoms with Crippen molar-refractivity contribution in [1.29, 1.82) is 0 Å². The first kappa shape index (κ1) is 28.1. The van der Waals surface area contributed by atoms with Gasteiger partial charge < -0.3 is 9.47 Å². The number of halogens is 1. The van der Waals surface area contributed by atoms with Crippen molar-refractivity contribution in [2.24, 2.45) is 10.8 Å². The first-order valence-electron chi connectivity index (χ1n) is 16.0. The molecule has 5 aromatic carbocycles. The Bertz CT molecular complexity index is 1980. The van der Waals surface area contributed by atoms with Crippen LogP contribution in [0.25, 0.3) is 28.0 Å². The lowest BCUT2D eigenvalue weighted by molar-refractivity contribution is 0.0642. The third-order valence-electron chi connectivity index (χ3n) is 10.5. The Labute approximate surface area is 265 Å². The number of methoxy groups -OCH3 is 1. The summed E-state index contributed by atoms with van der Waals surface area (Å²) in [6.07, 6.45) is 7.84. The normalized spacial score (nSPS) is 21.6. The van der Waals surface area contributed by atoms with Crippen molar-refractivity contribution < 1.29 is 13.9 Å². The van der Waals surface area contributed by atoms with Crippen LogP contribution in [0.3, 0.4) is 0 Å². The number of rotatable bonds is 3. The van der Waals surface area contributed by atoms with Crippen LogP contribution in [0.4, 0.5) is 4.39 Å². The number of ether oxygens (including phenoxy) is 2. The largest absolute Gasteiger partial charge is 0.497 e. The molecule has 2 aliphatic carbocycles. The Kier molecular flexibility index (Phi) is 5.98. The smallest absolute Gasteiger partial charge is 0.178 e. The number of benzene rings is 5. The fourth-order valence-corrected chi connectivity index (χ4v) is 9.62. The molecule has 0 aromatic heterocycles. The van der Waals surface area contributed by atoms with E-state index in [1.165, 1.54) is 51.8 Å². The molecule has 226 valence electrons. The number of fused-ring (bicyclic) bond motifs is 10. The number of hydrogen-bond donors (Lipinski definition) is 0. The van der Waals surface area contributed by atoms with Crippen molar-refractivity contribution in [3.8, 4) is 22.6 Å². The van der Waals surface area contributed by atoms with E-state index in [0.29, 0.717) is 0 Å². The molecule has 1 atom stereocenters. The molecular weight excluding hydrogens is 555 g/mol. The molecule has 1 fully saturated rings. The van der Waals surface area contributed by atoms with Crippen molar-refractivity contribution in [2.75, 3.05) is 7.11 Å². The standard InChI is InChI=1S/C42H39FO2/c1-39(2)24-40(3,4)26-41(25-39)35-13-9-8-12-33(35)36-31-10-6-7-11-32(31)38-34(37(36)41)22-23-42(45-38,27-14-18-29(43)19-15-27)28-16-20-30(44-5)21-17-28/h6-23H,24-26H2,1-5H3. The van der Waals surface area contributed by atoms with Crippen LogP contribution in [-0.4, -0.2) is 7.11 Å². The Morgan fingerprint density at radius 2 is 1.29 bits per heavy atom. The minimum absolute atomic E-state index is 0.144. The van der Waals surface area contributed by atoms with Crippen LogP contribution in [0.2, 0.25) is 0 Å². The second kappa shape index (κ2) is 9.57. The van der Waals surface area contributed by atoms with Crippen LogP contribution in [0, 0.1) is 16.6 Å². The highest BCUT2D eigenvalue weighted by atomic mass is 19.1. The molecule has 0 N–H and O–H groups in total. The predicted octanol–water partition coefficient (Wildman–Crippen LogP) is 10.8. The molecule has 5 aromatic rings. The highest BCUT2D eigenvalue weighted by Crippen LogP contribution is 2.66. The van der Waals surface area contributed by atoms with Gasteiger partial charge in [-0.3, -0.25) is 0 Å². The SMILES string of the molecule is COc1ccc(C2(c3ccc(F)cc3)C=Cc3c4c(c5ccccc5c3O2)-c2ccccc2C42CC(C)(C)CC(C)(C)C2)cc1. The summed E-state index contributed by atoms with van der Waals surface area (Å²) in [6.45, 7) is 9.78. The molecule has 3 heteroatoms. The van der Waals surface area contributed by atoms with Gasteiger partial charge in [-0.2, -0.15) is 0 Å². The van der Waals surface area contributed by atoms with Crippen molar-refractivity contribution >= 4 is 16.8 Å². The van der Waals surface area contributed by atoms with E-state index in [9.17, 15) is 4.39 Å². The van der Waals surface area contributed by atoms with Crippen LogP contribution in [0.1, 0.15) is 74.8 Å². The fraction of sp³-hybridized carbons (Fsp3) is 0.286. The second-order valence-corrected chi connectivity index (χ2v) is 14.9. The van der Waals surface area contributed by atoms with E-state index in [1.54, 1.807) is 7.11 Å². The maximum absolute atomic E-state index is 14.3. The molecule has 3 aliphatic rings. The molecular formula is C42H39FO2. The highest BCUT2D eigenvalue weighted by molar-refractivity contribution is 6.08.